The van der Waals surface area contributed by atoms with Crippen LogP contribution < -0.4 is 0 Å². The van der Waals surface area contributed by atoms with Gasteiger partial charge in [0.15, 0.2) is 0 Å². The highest BCUT2D eigenvalue weighted by molar-refractivity contribution is 5.79. The Hall–Kier alpha value is -1.95. The van der Waals surface area contributed by atoms with Gasteiger partial charge in [0, 0.05) is 44.6 Å². The first-order valence-electron chi connectivity index (χ1n) is 8.51. The fourth-order valence-electron chi connectivity index (χ4n) is 2.91. The number of benzene rings is 1. The maximum absolute atomic E-state index is 13.8. The van der Waals surface area contributed by atoms with E-state index in [2.05, 4.69) is 0 Å². The summed E-state index contributed by atoms with van der Waals surface area (Å²) >= 11 is 0. The quantitative estimate of drug-likeness (QED) is 0.828. The van der Waals surface area contributed by atoms with Crippen molar-refractivity contribution in [3.8, 4) is 0 Å². The Bertz CT molecular complexity index is 565. The maximum Gasteiger partial charge on any atom is 0.224 e. The van der Waals surface area contributed by atoms with Crippen molar-refractivity contribution in [2.24, 2.45) is 0 Å². The van der Waals surface area contributed by atoms with Gasteiger partial charge in [0.2, 0.25) is 11.8 Å². The normalized spacial score (nSPS) is 15.2. The number of carbonyl (C=O) groups excluding carboxylic acids is 2. The van der Waals surface area contributed by atoms with Crippen LogP contribution in [-0.4, -0.2) is 53.0 Å². The molecular weight excluding hydrogens is 311 g/mol. The molecule has 2 amide bonds. The SMILES string of the molecule is O=C1CCCCCN1CCC(=O)N(CCO)Cc1ccccc1F. The van der Waals surface area contributed by atoms with Crippen molar-refractivity contribution in [3.63, 3.8) is 0 Å². The molecule has 2 rings (SSSR count). The number of halogens is 1. The van der Waals surface area contributed by atoms with Gasteiger partial charge in [-0.3, -0.25) is 9.59 Å². The number of likely N-dealkylation sites (tertiary alicyclic amines) is 1. The Labute approximate surface area is 142 Å². The number of amides is 2. The lowest BCUT2D eigenvalue weighted by molar-refractivity contribution is -0.134. The minimum absolute atomic E-state index is 0.100. The summed E-state index contributed by atoms with van der Waals surface area (Å²) in [6.07, 6.45) is 3.66. The van der Waals surface area contributed by atoms with Crippen molar-refractivity contribution in [2.75, 3.05) is 26.2 Å². The topological polar surface area (TPSA) is 60.9 Å². The molecule has 1 saturated heterocycles. The van der Waals surface area contributed by atoms with Crippen LogP contribution in [0.2, 0.25) is 0 Å². The van der Waals surface area contributed by atoms with Crippen LogP contribution in [0.15, 0.2) is 24.3 Å². The van der Waals surface area contributed by atoms with Crippen molar-refractivity contribution >= 4 is 11.8 Å². The molecule has 1 aliphatic rings. The highest BCUT2D eigenvalue weighted by Gasteiger charge is 2.20. The summed E-state index contributed by atoms with van der Waals surface area (Å²) < 4.78 is 13.8. The van der Waals surface area contributed by atoms with Crippen LogP contribution >= 0.6 is 0 Å². The molecule has 24 heavy (non-hydrogen) atoms. The highest BCUT2D eigenvalue weighted by atomic mass is 19.1. The summed E-state index contributed by atoms with van der Waals surface area (Å²) in [7, 11) is 0. The number of aliphatic hydroxyl groups is 1. The Kier molecular flexibility index (Phi) is 7.18. The Balaban J connectivity index is 1.93. The molecule has 132 valence electrons. The lowest BCUT2D eigenvalue weighted by Crippen LogP contribution is -2.38. The first-order valence-corrected chi connectivity index (χ1v) is 8.51. The predicted molar refractivity (Wildman–Crippen MR) is 88.6 cm³/mol. The molecule has 1 heterocycles. The number of nitrogens with zero attached hydrogens (tertiary/aromatic N) is 2. The van der Waals surface area contributed by atoms with Gasteiger partial charge in [-0.1, -0.05) is 24.6 Å². The van der Waals surface area contributed by atoms with E-state index in [1.165, 1.54) is 11.0 Å². The molecule has 1 fully saturated rings. The van der Waals surface area contributed by atoms with E-state index in [-0.39, 0.29) is 43.7 Å². The van der Waals surface area contributed by atoms with Gasteiger partial charge in [-0.15, -0.1) is 0 Å². The molecule has 0 saturated carbocycles. The standard InChI is InChI=1S/C18H25FN2O3/c19-16-7-4-3-6-15(16)14-21(12-13-22)18(24)9-11-20-10-5-1-2-8-17(20)23/h3-4,6-7,22H,1-2,5,8-14H2. The zero-order chi connectivity index (χ0) is 17.4. The second kappa shape index (κ2) is 9.37. The maximum atomic E-state index is 13.8. The molecule has 0 aromatic heterocycles. The molecular formula is C18H25FN2O3. The molecule has 0 atom stereocenters. The zero-order valence-electron chi connectivity index (χ0n) is 13.9. The second-order valence-electron chi connectivity index (χ2n) is 6.07. The van der Waals surface area contributed by atoms with Gasteiger partial charge in [-0.2, -0.15) is 0 Å². The van der Waals surface area contributed by atoms with E-state index in [4.69, 9.17) is 0 Å². The predicted octanol–water partition coefficient (Wildman–Crippen LogP) is 1.94. The van der Waals surface area contributed by atoms with Gasteiger partial charge in [0.05, 0.1) is 6.61 Å². The third kappa shape index (κ3) is 5.30. The lowest BCUT2D eigenvalue weighted by Gasteiger charge is -2.25. The smallest absolute Gasteiger partial charge is 0.224 e. The van der Waals surface area contributed by atoms with Crippen LogP contribution in [0, 0.1) is 5.82 Å². The van der Waals surface area contributed by atoms with Crippen molar-refractivity contribution in [1.29, 1.82) is 0 Å². The van der Waals surface area contributed by atoms with Crippen LogP contribution in [0.25, 0.3) is 0 Å². The average molecular weight is 336 g/mol. The zero-order valence-corrected chi connectivity index (χ0v) is 13.9. The summed E-state index contributed by atoms with van der Waals surface area (Å²) in [5.74, 6) is -0.441. The van der Waals surface area contributed by atoms with Gasteiger partial charge in [0.1, 0.15) is 5.82 Å². The molecule has 1 aromatic rings. The van der Waals surface area contributed by atoms with Crippen molar-refractivity contribution < 1.29 is 19.1 Å². The molecule has 1 N–H and O–H groups in total. The van der Waals surface area contributed by atoms with E-state index in [9.17, 15) is 19.1 Å². The van der Waals surface area contributed by atoms with Crippen LogP contribution in [0.1, 0.15) is 37.7 Å². The van der Waals surface area contributed by atoms with E-state index in [1.54, 1.807) is 23.1 Å². The highest BCUT2D eigenvalue weighted by Crippen LogP contribution is 2.13. The van der Waals surface area contributed by atoms with Gasteiger partial charge in [0.25, 0.3) is 0 Å². The summed E-state index contributed by atoms with van der Waals surface area (Å²) in [5.41, 5.74) is 0.421. The largest absolute Gasteiger partial charge is 0.395 e. The van der Waals surface area contributed by atoms with E-state index in [1.807, 2.05) is 0 Å². The van der Waals surface area contributed by atoms with Gasteiger partial charge in [-0.25, -0.2) is 4.39 Å². The monoisotopic (exact) mass is 336 g/mol. The first kappa shape index (κ1) is 18.4. The fraction of sp³-hybridized carbons (Fsp3) is 0.556. The van der Waals surface area contributed by atoms with Gasteiger partial charge < -0.3 is 14.9 Å². The molecule has 6 heteroatoms. The van der Waals surface area contributed by atoms with Gasteiger partial charge in [-0.05, 0) is 18.9 Å². The average Bonchev–Trinajstić information content (AvgIpc) is 2.78. The van der Waals surface area contributed by atoms with Crippen LogP contribution in [0.4, 0.5) is 4.39 Å². The number of hydrogen-bond donors (Lipinski definition) is 1. The fourth-order valence-corrected chi connectivity index (χ4v) is 2.91. The second-order valence-corrected chi connectivity index (χ2v) is 6.07. The molecule has 0 aliphatic carbocycles. The number of hydrogen-bond acceptors (Lipinski definition) is 3. The molecule has 0 spiro atoms. The summed E-state index contributed by atoms with van der Waals surface area (Å²) in [4.78, 5) is 27.6. The number of aliphatic hydroxyl groups excluding tert-OH is 1. The number of carbonyl (C=O) groups is 2. The van der Waals surface area contributed by atoms with Crippen LogP contribution in [0.5, 0.6) is 0 Å². The first-order chi connectivity index (χ1) is 11.6. The van der Waals surface area contributed by atoms with E-state index >= 15 is 0 Å². The molecule has 1 aromatic carbocycles. The van der Waals surface area contributed by atoms with E-state index < -0.39 is 0 Å². The third-order valence-corrected chi connectivity index (χ3v) is 4.31. The van der Waals surface area contributed by atoms with Crippen LogP contribution in [0.3, 0.4) is 0 Å². The summed E-state index contributed by atoms with van der Waals surface area (Å²) in [5, 5.41) is 9.18. The Morgan fingerprint density at radius 3 is 2.79 bits per heavy atom. The Morgan fingerprint density at radius 2 is 2.04 bits per heavy atom. The third-order valence-electron chi connectivity index (χ3n) is 4.31. The molecule has 5 nitrogen and oxygen atoms in total. The van der Waals surface area contributed by atoms with Crippen molar-refractivity contribution in [1.82, 2.24) is 9.80 Å². The summed E-state index contributed by atoms with van der Waals surface area (Å²) in [6, 6.07) is 6.30. The van der Waals surface area contributed by atoms with Crippen molar-refractivity contribution in [3.05, 3.63) is 35.6 Å². The van der Waals surface area contributed by atoms with E-state index in [0.717, 1.165) is 19.3 Å². The minimum atomic E-state index is -0.365. The summed E-state index contributed by atoms with van der Waals surface area (Å²) in [6.45, 7) is 1.18. The molecule has 1 aliphatic heterocycles. The number of rotatable bonds is 7. The lowest BCUT2D eigenvalue weighted by atomic mass is 10.2. The molecule has 0 radical (unpaired) electrons. The minimum Gasteiger partial charge on any atom is -0.395 e. The van der Waals surface area contributed by atoms with Crippen molar-refractivity contribution in [2.45, 2.75) is 38.6 Å². The van der Waals surface area contributed by atoms with Crippen LogP contribution in [-0.2, 0) is 16.1 Å². The molecule has 0 unspecified atom stereocenters. The van der Waals surface area contributed by atoms with E-state index in [0.29, 0.717) is 25.1 Å². The molecule has 0 bridgehead atoms. The van der Waals surface area contributed by atoms with Gasteiger partial charge >= 0.3 is 0 Å². The Morgan fingerprint density at radius 1 is 1.25 bits per heavy atom.